The van der Waals surface area contributed by atoms with Gasteiger partial charge in [0.1, 0.15) is 46.7 Å². The van der Waals surface area contributed by atoms with Crippen molar-refractivity contribution in [1.29, 1.82) is 0 Å². The molecule has 0 spiro atoms. The Balaban J connectivity index is 0.000000563. The molecule has 1 N–H and O–H groups in total. The number of para-hydroxylation sites is 1. The number of hydrogen-bond donors (Lipinski definition) is 1. The molecule has 0 atom stereocenters. The maximum Gasteiger partial charge on any atom is 0.200 e. The summed E-state index contributed by atoms with van der Waals surface area (Å²) >= 11 is 0. The van der Waals surface area contributed by atoms with Crippen LogP contribution in [0.25, 0.3) is 6.08 Å². The predicted molar refractivity (Wildman–Crippen MR) is 158 cm³/mol. The summed E-state index contributed by atoms with van der Waals surface area (Å²) in [6.07, 6.45) is -4.76. The molecule has 268 valence electrons. The Bertz CT molecular complexity index is 1900. The summed E-state index contributed by atoms with van der Waals surface area (Å²) in [7, 11) is 4.24. The molecule has 0 amide bonds. The lowest BCUT2D eigenvalue weighted by atomic mass is 9.12. The standard InChI is InChI=1S/C26H7BF15.C8H11N/c1-2-7-3-5-8(6-4-7)27(9-12(28)18(34)24(40)19(35)13(9)29,10-14(30)20(36)25(41)21(37)15(10)31)11-16(32)22(38)26(42)23(39)17(11)33;1-9(2)8-6-4-3-5-7-8/h2-6H,1H2;3-7H,1-2H3/q-1;/p+1. The molecule has 51 heavy (non-hydrogen) atoms. The Morgan fingerprint density at radius 2 is 0.686 bits per heavy atom. The van der Waals surface area contributed by atoms with Crippen molar-refractivity contribution in [2.75, 3.05) is 14.1 Å². The molecule has 0 aliphatic carbocycles. The average Bonchev–Trinajstić information content (AvgIpc) is 3.13. The molecule has 0 aliphatic heterocycles. The third-order valence-corrected chi connectivity index (χ3v) is 8.05. The van der Waals surface area contributed by atoms with Gasteiger partial charge in [-0.2, -0.15) is 5.46 Å². The van der Waals surface area contributed by atoms with Gasteiger partial charge in [0.2, 0.25) is 0 Å². The van der Waals surface area contributed by atoms with Gasteiger partial charge in [-0.05, 0) is 17.7 Å². The van der Waals surface area contributed by atoms with Crippen LogP contribution in [-0.4, -0.2) is 20.2 Å². The molecule has 0 fully saturated rings. The van der Waals surface area contributed by atoms with E-state index in [1.807, 2.05) is 6.07 Å². The summed E-state index contributed by atoms with van der Waals surface area (Å²) in [5.41, 5.74) is -8.19. The van der Waals surface area contributed by atoms with Crippen molar-refractivity contribution in [2.45, 2.75) is 0 Å². The van der Waals surface area contributed by atoms with E-state index in [0.717, 1.165) is 18.2 Å². The van der Waals surface area contributed by atoms with Crippen molar-refractivity contribution < 1.29 is 70.8 Å². The number of hydrogen-bond acceptors (Lipinski definition) is 0. The molecule has 0 saturated carbocycles. The minimum absolute atomic E-state index is 0.0318. The minimum atomic E-state index is -5.77. The lowest BCUT2D eigenvalue weighted by Gasteiger charge is -2.44. The molecule has 5 aromatic carbocycles. The minimum Gasteiger partial charge on any atom is -0.307 e. The Morgan fingerprint density at radius 1 is 0.412 bits per heavy atom. The number of rotatable bonds is 6. The highest BCUT2D eigenvalue weighted by molar-refractivity contribution is 7.20. The maximum absolute atomic E-state index is 15.5. The van der Waals surface area contributed by atoms with Crippen LogP contribution in [-0.2, 0) is 0 Å². The molecule has 0 aromatic heterocycles. The lowest BCUT2D eigenvalue weighted by Crippen LogP contribution is -3.00. The quantitative estimate of drug-likeness (QED) is 0.0910. The van der Waals surface area contributed by atoms with Crippen LogP contribution in [0.15, 0.2) is 61.2 Å². The largest absolute Gasteiger partial charge is 0.307 e. The highest BCUT2D eigenvalue weighted by Gasteiger charge is 2.48. The van der Waals surface area contributed by atoms with Gasteiger partial charge in [0.15, 0.2) is 52.4 Å². The van der Waals surface area contributed by atoms with Crippen molar-refractivity contribution in [3.8, 4) is 0 Å². The zero-order valence-electron chi connectivity index (χ0n) is 25.7. The molecule has 1 nitrogen and oxygen atoms in total. The first-order valence-corrected chi connectivity index (χ1v) is 14.2. The van der Waals surface area contributed by atoms with E-state index >= 15 is 26.3 Å². The summed E-state index contributed by atoms with van der Waals surface area (Å²) in [5.74, 6) is -45.7. The first kappa shape index (κ1) is 38.6. The summed E-state index contributed by atoms with van der Waals surface area (Å²) in [5, 5.41) is 0. The SMILES string of the molecule is C=Cc1ccc([B-](c2c(F)c(F)c(F)c(F)c2F)(c2c(F)c(F)c(F)c(F)c2F)c2c(F)c(F)c(F)c(F)c2F)cc1.C[NH+](C)c1ccccc1. The van der Waals surface area contributed by atoms with E-state index in [9.17, 15) is 39.5 Å². The number of benzene rings is 5. The molecular formula is C34H19BF15N. The second-order valence-corrected chi connectivity index (χ2v) is 11.1. The Hall–Kier alpha value is -5.19. The highest BCUT2D eigenvalue weighted by Crippen LogP contribution is 2.28. The fraction of sp³-hybridized carbons (Fsp3) is 0.0588. The van der Waals surface area contributed by atoms with E-state index < -0.39 is 115 Å². The van der Waals surface area contributed by atoms with Crippen LogP contribution < -0.4 is 26.8 Å². The zero-order chi connectivity index (χ0) is 38.3. The smallest absolute Gasteiger partial charge is 0.200 e. The van der Waals surface area contributed by atoms with Crippen LogP contribution in [0.3, 0.4) is 0 Å². The molecule has 0 heterocycles. The van der Waals surface area contributed by atoms with Gasteiger partial charge in [-0.3, -0.25) is 0 Å². The summed E-state index contributed by atoms with van der Waals surface area (Å²) in [6, 6.07) is 12.7. The fourth-order valence-electron chi connectivity index (χ4n) is 5.63. The predicted octanol–water partition coefficient (Wildman–Crippen LogP) is 6.26. The van der Waals surface area contributed by atoms with Crippen molar-refractivity contribution in [2.24, 2.45) is 0 Å². The summed E-state index contributed by atoms with van der Waals surface area (Å²) in [6.45, 7) is 3.30. The van der Waals surface area contributed by atoms with Gasteiger partial charge in [0.05, 0.1) is 14.1 Å². The van der Waals surface area contributed by atoms with Gasteiger partial charge in [-0.15, -0.1) is 16.4 Å². The molecular weight excluding hydrogens is 718 g/mol. The molecule has 0 saturated heterocycles. The summed E-state index contributed by atoms with van der Waals surface area (Å²) < 4.78 is 222. The van der Waals surface area contributed by atoms with Gasteiger partial charge in [-0.25, -0.2) is 65.9 Å². The van der Waals surface area contributed by atoms with Gasteiger partial charge >= 0.3 is 0 Å². The van der Waals surface area contributed by atoms with Gasteiger partial charge in [0.25, 0.3) is 0 Å². The van der Waals surface area contributed by atoms with E-state index in [0.29, 0.717) is 12.1 Å². The zero-order valence-corrected chi connectivity index (χ0v) is 25.7. The Kier molecular flexibility index (Phi) is 11.0. The van der Waals surface area contributed by atoms with E-state index in [1.165, 1.54) is 10.6 Å². The summed E-state index contributed by atoms with van der Waals surface area (Å²) in [4.78, 5) is 1.37. The maximum atomic E-state index is 15.5. The van der Waals surface area contributed by atoms with E-state index in [2.05, 4.69) is 44.9 Å². The van der Waals surface area contributed by atoms with Crippen molar-refractivity contribution in [3.05, 3.63) is 154 Å². The van der Waals surface area contributed by atoms with Crippen LogP contribution in [0, 0.1) is 87.3 Å². The van der Waals surface area contributed by atoms with Gasteiger partial charge in [0, 0.05) is 0 Å². The first-order valence-electron chi connectivity index (χ1n) is 14.2. The number of quaternary nitrogens is 1. The molecule has 0 bridgehead atoms. The second kappa shape index (κ2) is 14.6. The monoisotopic (exact) mass is 737 g/mol. The van der Waals surface area contributed by atoms with Crippen LogP contribution >= 0.6 is 0 Å². The Morgan fingerprint density at radius 3 is 0.922 bits per heavy atom. The van der Waals surface area contributed by atoms with E-state index in [4.69, 9.17) is 0 Å². The van der Waals surface area contributed by atoms with Crippen LogP contribution in [0.1, 0.15) is 5.56 Å². The van der Waals surface area contributed by atoms with Crippen molar-refractivity contribution in [1.82, 2.24) is 0 Å². The van der Waals surface area contributed by atoms with E-state index in [1.54, 1.807) is 0 Å². The van der Waals surface area contributed by atoms with E-state index in [-0.39, 0.29) is 5.56 Å². The topological polar surface area (TPSA) is 4.44 Å². The van der Waals surface area contributed by atoms with Crippen molar-refractivity contribution >= 4 is 39.8 Å². The van der Waals surface area contributed by atoms with Crippen LogP contribution in [0.5, 0.6) is 0 Å². The third kappa shape index (κ3) is 6.23. The fourth-order valence-corrected chi connectivity index (χ4v) is 5.63. The molecule has 0 aliphatic rings. The number of nitrogens with one attached hydrogen (secondary N) is 1. The van der Waals surface area contributed by atoms with Crippen LogP contribution in [0.2, 0.25) is 0 Å². The molecule has 0 unspecified atom stereocenters. The van der Waals surface area contributed by atoms with Crippen LogP contribution in [0.4, 0.5) is 71.5 Å². The molecule has 5 rings (SSSR count). The lowest BCUT2D eigenvalue weighted by molar-refractivity contribution is -0.786. The number of halogens is 15. The molecule has 0 radical (unpaired) electrons. The third-order valence-electron chi connectivity index (χ3n) is 8.05. The van der Waals surface area contributed by atoms with Crippen molar-refractivity contribution in [3.63, 3.8) is 0 Å². The average molecular weight is 737 g/mol. The normalized spacial score (nSPS) is 11.5. The van der Waals surface area contributed by atoms with Gasteiger partial charge in [-0.1, -0.05) is 55.1 Å². The second-order valence-electron chi connectivity index (χ2n) is 11.1. The molecule has 5 aromatic rings. The highest BCUT2D eigenvalue weighted by atomic mass is 19.2. The van der Waals surface area contributed by atoms with Gasteiger partial charge < -0.3 is 4.90 Å². The first-order chi connectivity index (χ1) is 23.9. The molecule has 17 heteroatoms. The Labute approximate surface area is 278 Å².